The maximum absolute atomic E-state index is 12.9. The second-order valence-electron chi connectivity index (χ2n) is 5.66. The van der Waals surface area contributed by atoms with Crippen LogP contribution in [0.15, 0.2) is 24.2 Å². The van der Waals surface area contributed by atoms with Gasteiger partial charge in [-0.25, -0.2) is 15.0 Å². The van der Waals surface area contributed by atoms with Gasteiger partial charge in [0, 0.05) is 0 Å². The zero-order valence-electron chi connectivity index (χ0n) is 14.6. The van der Waals surface area contributed by atoms with Gasteiger partial charge in [-0.05, 0) is 26.3 Å². The molecule has 0 fully saturated rings. The molecule has 1 aliphatic heterocycles. The summed E-state index contributed by atoms with van der Waals surface area (Å²) in [5.41, 5.74) is 6.91. The Morgan fingerprint density at radius 1 is 1.35 bits per heavy atom. The molecule has 0 aliphatic carbocycles. The van der Waals surface area contributed by atoms with Crippen LogP contribution in [-0.2, 0) is 24.9 Å². The Bertz CT molecular complexity index is 844. The fraction of sp³-hybridized carbons (Fsp3) is 0.533. The number of anilines is 1. The molecule has 0 aromatic carbocycles. The summed E-state index contributed by atoms with van der Waals surface area (Å²) in [7, 11) is -3.55. The highest BCUT2D eigenvalue weighted by atomic mass is 31.2. The van der Waals surface area contributed by atoms with Crippen LogP contribution in [0, 0.1) is 0 Å². The molecule has 3 N–H and O–H groups in total. The normalized spacial score (nSPS) is 20.8. The van der Waals surface area contributed by atoms with Crippen LogP contribution >= 0.6 is 7.60 Å². The van der Waals surface area contributed by atoms with E-state index in [2.05, 4.69) is 15.0 Å². The van der Waals surface area contributed by atoms with Crippen molar-refractivity contribution < 1.29 is 23.5 Å². The van der Waals surface area contributed by atoms with Gasteiger partial charge in [0.15, 0.2) is 11.5 Å². The first kappa shape index (κ1) is 18.8. The van der Waals surface area contributed by atoms with Crippen molar-refractivity contribution in [3.8, 4) is 0 Å². The molecule has 0 bridgehead atoms. The lowest BCUT2D eigenvalue weighted by Gasteiger charge is -2.31. The largest absolute Gasteiger partial charge is 0.478 e. The van der Waals surface area contributed by atoms with E-state index in [1.54, 1.807) is 30.8 Å². The van der Waals surface area contributed by atoms with Crippen molar-refractivity contribution in [1.29, 1.82) is 0 Å². The van der Waals surface area contributed by atoms with Gasteiger partial charge >= 0.3 is 7.60 Å². The molecule has 3 heterocycles. The van der Waals surface area contributed by atoms with Crippen LogP contribution in [0.4, 0.5) is 5.82 Å². The summed E-state index contributed by atoms with van der Waals surface area (Å²) >= 11 is 0. The Morgan fingerprint density at radius 3 is 2.77 bits per heavy atom. The quantitative estimate of drug-likeness (QED) is 0.684. The molecule has 2 aromatic heterocycles. The minimum absolute atomic E-state index is 0.120. The number of nitrogens with zero attached hydrogens (tertiary/aromatic N) is 4. The fourth-order valence-electron chi connectivity index (χ4n) is 2.72. The number of aliphatic hydroxyl groups is 1. The number of aromatic nitrogens is 4. The molecule has 0 radical (unpaired) electrons. The van der Waals surface area contributed by atoms with Crippen LogP contribution in [-0.4, -0.2) is 50.0 Å². The molecule has 0 saturated heterocycles. The number of ether oxygens (including phenoxy) is 1. The minimum atomic E-state index is -3.55. The number of hydrogen-bond donors (Lipinski definition) is 2. The molecule has 3 rings (SSSR count). The first-order valence-corrected chi connectivity index (χ1v) is 9.88. The van der Waals surface area contributed by atoms with Crippen molar-refractivity contribution in [3.63, 3.8) is 0 Å². The van der Waals surface area contributed by atoms with Crippen molar-refractivity contribution in [2.24, 2.45) is 0 Å². The molecule has 0 saturated carbocycles. The van der Waals surface area contributed by atoms with Gasteiger partial charge in [0.1, 0.15) is 17.9 Å². The van der Waals surface area contributed by atoms with Crippen LogP contribution in [0.1, 0.15) is 20.3 Å². The third-order valence-electron chi connectivity index (χ3n) is 3.91. The third kappa shape index (κ3) is 3.59. The molecular weight excluding hydrogens is 361 g/mol. The molecule has 0 amide bonds. The van der Waals surface area contributed by atoms with Gasteiger partial charge in [-0.2, -0.15) is 0 Å². The maximum Gasteiger partial charge on any atom is 0.395 e. The van der Waals surface area contributed by atoms with Gasteiger partial charge in [0.25, 0.3) is 0 Å². The van der Waals surface area contributed by atoms with Gasteiger partial charge in [0.05, 0.1) is 32.2 Å². The van der Waals surface area contributed by atoms with E-state index in [0.717, 1.165) is 0 Å². The Kier molecular flexibility index (Phi) is 5.57. The van der Waals surface area contributed by atoms with Gasteiger partial charge in [-0.3, -0.25) is 4.57 Å². The molecule has 1 aliphatic rings. The highest BCUT2D eigenvalue weighted by Gasteiger charge is 2.38. The van der Waals surface area contributed by atoms with E-state index in [1.807, 2.05) is 0 Å². The summed E-state index contributed by atoms with van der Waals surface area (Å²) < 4.78 is 31.0. The lowest BCUT2D eigenvalue weighted by Crippen LogP contribution is -2.35. The van der Waals surface area contributed by atoms with Crippen LogP contribution in [0.2, 0.25) is 0 Å². The number of imidazole rings is 1. The summed E-state index contributed by atoms with van der Waals surface area (Å²) in [5.74, 6) is 0.275. The number of nitrogen functional groups attached to an aromatic ring is 1. The van der Waals surface area contributed by atoms with E-state index < -0.39 is 19.8 Å². The van der Waals surface area contributed by atoms with Gasteiger partial charge in [0.2, 0.25) is 5.50 Å². The standard InChI is InChI=1S/C15H22N5O5P/c1-3-23-26(22,24-4-2)12-6-5-10(21)11(25-12)7-20-9-19-13-14(16)17-8-18-15(13)20/h6,8-11,21H,3-5,7H2,1-2H3,(H2,16,17,18)/t10-,11+/m0/s1. The average Bonchev–Trinajstić information content (AvgIpc) is 3.01. The number of aliphatic hydroxyl groups excluding tert-OH is 1. The van der Waals surface area contributed by atoms with Crippen LogP contribution in [0.3, 0.4) is 0 Å². The second kappa shape index (κ2) is 7.71. The summed E-state index contributed by atoms with van der Waals surface area (Å²) in [6.45, 7) is 4.12. The number of nitrogens with two attached hydrogens (primary N) is 1. The van der Waals surface area contributed by atoms with E-state index in [-0.39, 0.29) is 37.5 Å². The Hall–Kier alpha value is -2.00. The first-order valence-electron chi connectivity index (χ1n) is 8.34. The molecular formula is C15H22N5O5P. The predicted molar refractivity (Wildman–Crippen MR) is 94.2 cm³/mol. The monoisotopic (exact) mass is 383 g/mol. The SMILES string of the molecule is CCOP(=O)(OCC)C1=CC[C@H](O)[C@@H](Cn2cnc3c(N)ncnc32)O1. The molecule has 142 valence electrons. The molecule has 10 nitrogen and oxygen atoms in total. The maximum atomic E-state index is 12.9. The fourth-order valence-corrected chi connectivity index (χ4v) is 4.32. The molecule has 2 aromatic rings. The van der Waals surface area contributed by atoms with Crippen molar-refractivity contribution in [3.05, 3.63) is 24.2 Å². The van der Waals surface area contributed by atoms with Gasteiger partial charge in [-0.1, -0.05) is 0 Å². The summed E-state index contributed by atoms with van der Waals surface area (Å²) in [5, 5.41) is 10.3. The first-order chi connectivity index (χ1) is 12.5. The van der Waals surface area contributed by atoms with Crippen LogP contribution < -0.4 is 5.73 Å². The van der Waals surface area contributed by atoms with Crippen molar-refractivity contribution >= 4 is 24.6 Å². The molecule has 11 heteroatoms. The molecule has 0 unspecified atom stereocenters. The lowest BCUT2D eigenvalue weighted by atomic mass is 10.1. The van der Waals surface area contributed by atoms with Crippen molar-refractivity contribution in [2.45, 2.75) is 39.0 Å². The van der Waals surface area contributed by atoms with E-state index in [4.69, 9.17) is 19.5 Å². The van der Waals surface area contributed by atoms with E-state index in [0.29, 0.717) is 11.2 Å². The zero-order chi connectivity index (χ0) is 18.7. The summed E-state index contributed by atoms with van der Waals surface area (Å²) in [6, 6.07) is 0. The zero-order valence-corrected chi connectivity index (χ0v) is 15.5. The predicted octanol–water partition coefficient (Wildman–Crippen LogP) is 1.67. The lowest BCUT2D eigenvalue weighted by molar-refractivity contribution is -0.0201. The van der Waals surface area contributed by atoms with Crippen LogP contribution in [0.5, 0.6) is 0 Å². The van der Waals surface area contributed by atoms with E-state index >= 15 is 0 Å². The van der Waals surface area contributed by atoms with Gasteiger partial charge in [-0.15, -0.1) is 0 Å². The van der Waals surface area contributed by atoms with Crippen LogP contribution in [0.25, 0.3) is 11.2 Å². The third-order valence-corrected chi connectivity index (χ3v) is 5.93. The van der Waals surface area contributed by atoms with Crippen molar-refractivity contribution in [1.82, 2.24) is 19.5 Å². The molecule has 26 heavy (non-hydrogen) atoms. The minimum Gasteiger partial charge on any atom is -0.478 e. The number of rotatable bonds is 7. The molecule has 2 atom stereocenters. The summed E-state index contributed by atoms with van der Waals surface area (Å²) in [6.07, 6.45) is 3.27. The summed E-state index contributed by atoms with van der Waals surface area (Å²) in [4.78, 5) is 12.3. The Labute approximate surface area is 150 Å². The number of hydrogen-bond acceptors (Lipinski definition) is 9. The Morgan fingerprint density at radius 2 is 2.08 bits per heavy atom. The van der Waals surface area contributed by atoms with Gasteiger partial charge < -0.3 is 29.2 Å². The Balaban J connectivity index is 1.83. The second-order valence-corrected chi connectivity index (χ2v) is 7.61. The van der Waals surface area contributed by atoms with Crippen molar-refractivity contribution in [2.75, 3.05) is 18.9 Å². The highest BCUT2D eigenvalue weighted by Crippen LogP contribution is 2.57. The highest BCUT2D eigenvalue weighted by molar-refractivity contribution is 7.58. The number of fused-ring (bicyclic) bond motifs is 1. The van der Waals surface area contributed by atoms with E-state index in [1.165, 1.54) is 6.33 Å². The topological polar surface area (TPSA) is 135 Å². The smallest absolute Gasteiger partial charge is 0.395 e. The average molecular weight is 383 g/mol. The van der Waals surface area contributed by atoms with E-state index in [9.17, 15) is 9.67 Å². The molecule has 0 spiro atoms.